The summed E-state index contributed by atoms with van der Waals surface area (Å²) in [6.07, 6.45) is 0.818. The highest BCUT2D eigenvalue weighted by molar-refractivity contribution is 7.85. The lowest BCUT2D eigenvalue weighted by atomic mass is 10.2. The lowest BCUT2D eigenvalue weighted by Crippen LogP contribution is -2.17. The van der Waals surface area contributed by atoms with Crippen molar-refractivity contribution in [2.24, 2.45) is 0 Å². The van der Waals surface area contributed by atoms with Gasteiger partial charge in [-0.1, -0.05) is 60.7 Å². The normalized spacial score (nSPS) is 12.1. The maximum atomic E-state index is 9.82. The van der Waals surface area contributed by atoms with E-state index in [0.717, 1.165) is 11.1 Å². The van der Waals surface area contributed by atoms with Gasteiger partial charge >= 0.3 is 0 Å². The Balaban J connectivity index is 0.000000597. The third-order valence-corrected chi connectivity index (χ3v) is 3.13. The third-order valence-electron chi connectivity index (χ3n) is 3.13. The Morgan fingerprint density at radius 3 is 1.77 bits per heavy atom. The van der Waals surface area contributed by atoms with Gasteiger partial charge in [-0.15, -0.1) is 0 Å². The molecule has 2 rings (SSSR count). The predicted molar refractivity (Wildman–Crippen MR) is 100 cm³/mol. The van der Waals surface area contributed by atoms with Gasteiger partial charge in [0.2, 0.25) is 0 Å². The fourth-order valence-corrected chi connectivity index (χ4v) is 1.95. The van der Waals surface area contributed by atoms with Crippen molar-refractivity contribution in [2.75, 3.05) is 19.5 Å². The van der Waals surface area contributed by atoms with Crippen LogP contribution < -0.4 is 0 Å². The highest BCUT2D eigenvalue weighted by atomic mass is 32.2. The number of hydrogen-bond acceptors (Lipinski definition) is 5. The van der Waals surface area contributed by atoms with Gasteiger partial charge in [0.25, 0.3) is 10.1 Å². The molecule has 0 radical (unpaired) electrons. The Morgan fingerprint density at radius 1 is 0.885 bits per heavy atom. The minimum atomic E-state index is -3.67. The summed E-state index contributed by atoms with van der Waals surface area (Å²) in [5.41, 5.74) is 2.26. The smallest absolute Gasteiger partial charge is 0.261 e. The summed E-state index contributed by atoms with van der Waals surface area (Å²) in [5.74, 6) is 0. The van der Waals surface area contributed by atoms with Crippen molar-refractivity contribution in [3.63, 3.8) is 0 Å². The van der Waals surface area contributed by atoms with E-state index in [1.807, 2.05) is 60.7 Å². The number of hydrogen-bond donors (Lipinski definition) is 2. The topological polar surface area (TPSA) is 93.1 Å². The van der Waals surface area contributed by atoms with Gasteiger partial charge in [-0.05, 0) is 17.5 Å². The summed E-state index contributed by atoms with van der Waals surface area (Å²) >= 11 is 0. The van der Waals surface area contributed by atoms with Crippen molar-refractivity contribution in [3.8, 4) is 0 Å². The van der Waals surface area contributed by atoms with Crippen molar-refractivity contribution >= 4 is 10.1 Å². The fraction of sp³-hybridized carbons (Fsp3) is 0.368. The summed E-state index contributed by atoms with van der Waals surface area (Å²) < 4.78 is 36.9. The molecule has 0 aliphatic heterocycles. The van der Waals surface area contributed by atoms with Crippen molar-refractivity contribution in [1.82, 2.24) is 0 Å². The molecule has 0 saturated carbocycles. The van der Waals surface area contributed by atoms with E-state index in [-0.39, 0.29) is 0 Å². The minimum absolute atomic E-state index is 0.337. The molecule has 2 aromatic carbocycles. The maximum Gasteiger partial charge on any atom is 0.261 e. The highest BCUT2D eigenvalue weighted by Crippen LogP contribution is 2.04. The van der Waals surface area contributed by atoms with E-state index in [4.69, 9.17) is 14.0 Å². The number of aliphatic hydroxyl groups is 1. The molecular formula is C19H26O6S. The van der Waals surface area contributed by atoms with Crippen molar-refractivity contribution in [1.29, 1.82) is 0 Å². The molecule has 0 saturated heterocycles. The van der Waals surface area contributed by atoms with Crippen LogP contribution in [0.25, 0.3) is 0 Å². The summed E-state index contributed by atoms with van der Waals surface area (Å²) in [5, 5.41) is 9.82. The third kappa shape index (κ3) is 13.5. The van der Waals surface area contributed by atoms with E-state index in [9.17, 15) is 13.5 Å². The van der Waals surface area contributed by atoms with Crippen molar-refractivity contribution < 1.29 is 27.6 Å². The maximum absolute atomic E-state index is 9.82. The minimum Gasteiger partial charge on any atom is -0.391 e. The van der Waals surface area contributed by atoms with Gasteiger partial charge in [0, 0.05) is 6.61 Å². The van der Waals surface area contributed by atoms with Gasteiger partial charge < -0.3 is 14.6 Å². The molecule has 26 heavy (non-hydrogen) atoms. The monoisotopic (exact) mass is 382 g/mol. The molecule has 0 aliphatic rings. The average molecular weight is 382 g/mol. The second-order valence-corrected chi connectivity index (χ2v) is 7.18. The van der Waals surface area contributed by atoms with Gasteiger partial charge in [0.05, 0.1) is 32.2 Å². The van der Waals surface area contributed by atoms with Gasteiger partial charge in [0.1, 0.15) is 0 Å². The zero-order valence-corrected chi connectivity index (χ0v) is 15.6. The molecule has 7 heteroatoms. The first kappa shape index (κ1) is 22.3. The Kier molecular flexibility index (Phi) is 10.8. The highest BCUT2D eigenvalue weighted by Gasteiger charge is 2.04. The Labute approximate surface area is 155 Å². The van der Waals surface area contributed by atoms with Crippen LogP contribution in [0.5, 0.6) is 0 Å². The van der Waals surface area contributed by atoms with Crippen LogP contribution in [0, 0.1) is 0 Å². The number of aliphatic hydroxyl groups excluding tert-OH is 1. The van der Waals surface area contributed by atoms with Crippen LogP contribution in [0.2, 0.25) is 0 Å². The van der Waals surface area contributed by atoms with Crippen LogP contribution in [0.15, 0.2) is 60.7 Å². The summed E-state index contributed by atoms with van der Waals surface area (Å²) in [4.78, 5) is 0. The SMILES string of the molecule is CS(=O)(=O)O.OC(CCOCc1ccccc1)COCc1ccccc1. The number of ether oxygens (including phenoxy) is 2. The van der Waals surface area contributed by atoms with Crippen LogP contribution in [0.3, 0.4) is 0 Å². The van der Waals surface area contributed by atoms with Gasteiger partial charge in [-0.2, -0.15) is 8.42 Å². The molecule has 0 heterocycles. The van der Waals surface area contributed by atoms with Crippen LogP contribution >= 0.6 is 0 Å². The molecule has 2 N–H and O–H groups in total. The molecule has 6 nitrogen and oxygen atoms in total. The van der Waals surface area contributed by atoms with E-state index >= 15 is 0 Å². The second kappa shape index (κ2) is 12.6. The van der Waals surface area contributed by atoms with Crippen LogP contribution in [-0.2, 0) is 32.8 Å². The van der Waals surface area contributed by atoms with Gasteiger partial charge in [0.15, 0.2) is 0 Å². The van der Waals surface area contributed by atoms with E-state index in [0.29, 0.717) is 39.1 Å². The predicted octanol–water partition coefficient (Wildman–Crippen LogP) is 2.68. The zero-order chi connectivity index (χ0) is 19.3. The molecular weight excluding hydrogens is 356 g/mol. The first-order valence-corrected chi connectivity index (χ1v) is 10.0. The number of rotatable bonds is 9. The van der Waals surface area contributed by atoms with E-state index in [2.05, 4.69) is 0 Å². The molecule has 0 fully saturated rings. The Morgan fingerprint density at radius 2 is 1.31 bits per heavy atom. The Bertz CT molecular complexity index is 680. The van der Waals surface area contributed by atoms with Crippen LogP contribution in [-0.4, -0.2) is 43.7 Å². The zero-order valence-electron chi connectivity index (χ0n) is 14.8. The summed E-state index contributed by atoms with van der Waals surface area (Å²) in [7, 11) is -3.67. The summed E-state index contributed by atoms with van der Waals surface area (Å²) in [6, 6.07) is 20.0. The quantitative estimate of drug-likeness (QED) is 0.512. The van der Waals surface area contributed by atoms with Gasteiger partial charge in [-0.25, -0.2) is 0 Å². The second-order valence-electron chi connectivity index (χ2n) is 5.71. The molecule has 1 atom stereocenters. The Hall–Kier alpha value is -1.77. The van der Waals surface area contributed by atoms with Gasteiger partial charge in [-0.3, -0.25) is 4.55 Å². The molecule has 0 bridgehead atoms. The largest absolute Gasteiger partial charge is 0.391 e. The lowest BCUT2D eigenvalue weighted by Gasteiger charge is -2.11. The van der Waals surface area contributed by atoms with Crippen LogP contribution in [0.4, 0.5) is 0 Å². The number of benzene rings is 2. The standard InChI is InChI=1S/C18H22O3.CH4O3S/c19-18(15-21-14-17-9-5-2-6-10-17)11-12-20-13-16-7-3-1-4-8-16;1-5(2,3)4/h1-10,18-19H,11-15H2;1H3,(H,2,3,4). The van der Waals surface area contributed by atoms with Crippen molar-refractivity contribution in [3.05, 3.63) is 71.8 Å². The van der Waals surface area contributed by atoms with Crippen molar-refractivity contribution in [2.45, 2.75) is 25.7 Å². The molecule has 1 unspecified atom stereocenters. The molecule has 0 amide bonds. The lowest BCUT2D eigenvalue weighted by molar-refractivity contribution is 0.00522. The molecule has 0 aromatic heterocycles. The van der Waals surface area contributed by atoms with E-state index in [1.165, 1.54) is 0 Å². The first-order chi connectivity index (χ1) is 12.3. The molecule has 0 aliphatic carbocycles. The van der Waals surface area contributed by atoms with E-state index in [1.54, 1.807) is 0 Å². The van der Waals surface area contributed by atoms with Crippen LogP contribution in [0.1, 0.15) is 17.5 Å². The fourth-order valence-electron chi connectivity index (χ4n) is 1.95. The average Bonchev–Trinajstić information content (AvgIpc) is 2.59. The first-order valence-electron chi connectivity index (χ1n) is 8.18. The molecule has 2 aromatic rings. The molecule has 144 valence electrons. The van der Waals surface area contributed by atoms with E-state index < -0.39 is 16.2 Å². The molecule has 0 spiro atoms. The summed E-state index contributed by atoms with van der Waals surface area (Å²) in [6.45, 7) is 1.98.